The third kappa shape index (κ3) is 3.69. The van der Waals surface area contributed by atoms with E-state index < -0.39 is 47.3 Å². The molecule has 1 aromatic rings. The van der Waals surface area contributed by atoms with Gasteiger partial charge in [0.15, 0.2) is 0 Å². The van der Waals surface area contributed by atoms with Gasteiger partial charge in [0.1, 0.15) is 11.6 Å². The van der Waals surface area contributed by atoms with E-state index in [1.807, 2.05) is 0 Å². The van der Waals surface area contributed by atoms with Gasteiger partial charge in [0.05, 0.1) is 17.5 Å². The lowest BCUT2D eigenvalue weighted by Gasteiger charge is -2.20. The van der Waals surface area contributed by atoms with Gasteiger partial charge >= 0.3 is 5.97 Å². The molecule has 3 unspecified atom stereocenters. The zero-order chi connectivity index (χ0) is 18.0. The number of halogens is 2. The third-order valence-electron chi connectivity index (χ3n) is 4.21. The van der Waals surface area contributed by atoms with Gasteiger partial charge in [-0.25, -0.2) is 8.78 Å². The van der Waals surface area contributed by atoms with Gasteiger partial charge in [-0.2, -0.15) is 0 Å². The summed E-state index contributed by atoms with van der Waals surface area (Å²) in [5.74, 6) is -5.08. The topological polar surface area (TPSA) is 86.7 Å². The molecule has 1 aliphatic rings. The van der Waals surface area contributed by atoms with Crippen LogP contribution in [-0.2, 0) is 14.4 Å². The summed E-state index contributed by atoms with van der Waals surface area (Å²) < 4.78 is 26.8. The summed E-state index contributed by atoms with van der Waals surface area (Å²) in [4.78, 5) is 36.3. The smallest absolute Gasteiger partial charge is 0.308 e. The monoisotopic (exact) mass is 340 g/mol. The second-order valence-electron chi connectivity index (χ2n) is 5.93. The zero-order valence-corrected chi connectivity index (χ0v) is 13.3. The summed E-state index contributed by atoms with van der Waals surface area (Å²) in [5.41, 5.74) is -0.0800. The van der Waals surface area contributed by atoms with E-state index in [2.05, 4.69) is 5.32 Å². The lowest BCUT2D eigenvalue weighted by atomic mass is 10.0. The molecular formula is C16H18F2N2O4. The highest BCUT2D eigenvalue weighted by molar-refractivity contribution is 6.00. The predicted octanol–water partition coefficient (Wildman–Crippen LogP) is 1.54. The quantitative estimate of drug-likeness (QED) is 0.851. The van der Waals surface area contributed by atoms with Crippen molar-refractivity contribution in [1.82, 2.24) is 5.32 Å². The number of hydrogen-bond donors (Lipinski definition) is 2. The van der Waals surface area contributed by atoms with E-state index in [9.17, 15) is 23.2 Å². The number of carbonyl (C=O) groups excluding carboxylic acids is 2. The van der Waals surface area contributed by atoms with E-state index in [-0.39, 0.29) is 18.7 Å². The van der Waals surface area contributed by atoms with E-state index in [4.69, 9.17) is 5.11 Å². The Bertz CT molecular complexity index is 680. The minimum atomic E-state index is -1.04. The summed E-state index contributed by atoms with van der Waals surface area (Å²) in [5, 5.41) is 11.5. The lowest BCUT2D eigenvalue weighted by molar-refractivity contribution is -0.142. The van der Waals surface area contributed by atoms with Gasteiger partial charge in [-0.1, -0.05) is 0 Å². The normalized spacial score (nSPS) is 19.9. The zero-order valence-electron chi connectivity index (χ0n) is 13.3. The first-order valence-electron chi connectivity index (χ1n) is 7.49. The van der Waals surface area contributed by atoms with Crippen molar-refractivity contribution in [1.29, 1.82) is 0 Å². The average Bonchev–Trinajstić information content (AvgIpc) is 2.88. The lowest BCUT2D eigenvalue weighted by Crippen LogP contribution is -2.43. The molecule has 0 bridgehead atoms. The van der Waals surface area contributed by atoms with Crippen LogP contribution in [0.15, 0.2) is 18.2 Å². The molecule has 6 nitrogen and oxygen atoms in total. The van der Waals surface area contributed by atoms with Crippen molar-refractivity contribution < 1.29 is 28.3 Å². The number of carboxylic acid groups (broad SMARTS) is 1. The Kier molecular flexibility index (Phi) is 5.16. The molecule has 0 radical (unpaired) electrons. The third-order valence-corrected chi connectivity index (χ3v) is 4.21. The Morgan fingerprint density at radius 2 is 2.00 bits per heavy atom. The number of hydrogen-bond acceptors (Lipinski definition) is 3. The second kappa shape index (κ2) is 6.94. The van der Waals surface area contributed by atoms with Crippen molar-refractivity contribution in [2.75, 3.05) is 11.4 Å². The Balaban J connectivity index is 2.06. The van der Waals surface area contributed by atoms with Gasteiger partial charge in [0, 0.05) is 25.1 Å². The largest absolute Gasteiger partial charge is 0.481 e. The standard InChI is InChI=1S/C16H18F2N2O4/c1-8(16(23)24)9(2)19-15(22)10-5-14(21)20(7-10)13-4-3-11(17)6-12(13)18/h3-4,6,8-10H,5,7H2,1-2H3,(H,19,22)(H,23,24). The molecule has 1 heterocycles. The fourth-order valence-corrected chi connectivity index (χ4v) is 2.50. The summed E-state index contributed by atoms with van der Waals surface area (Å²) in [6.07, 6.45) is -0.114. The average molecular weight is 340 g/mol. The van der Waals surface area contributed by atoms with Crippen LogP contribution < -0.4 is 10.2 Å². The molecule has 1 aliphatic heterocycles. The Morgan fingerprint density at radius 3 is 2.58 bits per heavy atom. The van der Waals surface area contributed by atoms with Crippen LogP contribution in [0.3, 0.4) is 0 Å². The number of nitrogens with zero attached hydrogens (tertiary/aromatic N) is 1. The number of anilines is 1. The van der Waals surface area contributed by atoms with Crippen LogP contribution in [0.25, 0.3) is 0 Å². The van der Waals surface area contributed by atoms with Crippen molar-refractivity contribution in [3.63, 3.8) is 0 Å². The molecule has 0 aliphatic carbocycles. The molecule has 0 saturated carbocycles. The minimum absolute atomic E-state index is 0.0403. The van der Waals surface area contributed by atoms with E-state index in [1.165, 1.54) is 6.92 Å². The van der Waals surface area contributed by atoms with E-state index in [0.29, 0.717) is 6.07 Å². The van der Waals surface area contributed by atoms with Gasteiger partial charge in [-0.15, -0.1) is 0 Å². The summed E-state index contributed by atoms with van der Waals surface area (Å²) in [7, 11) is 0. The maximum absolute atomic E-state index is 13.8. The van der Waals surface area contributed by atoms with Gasteiger partial charge in [-0.05, 0) is 26.0 Å². The minimum Gasteiger partial charge on any atom is -0.481 e. The first-order valence-corrected chi connectivity index (χ1v) is 7.49. The first kappa shape index (κ1) is 17.8. The molecule has 2 rings (SSSR count). The maximum atomic E-state index is 13.8. The summed E-state index contributed by atoms with van der Waals surface area (Å²) in [6, 6.07) is 2.25. The molecule has 0 spiro atoms. The molecular weight excluding hydrogens is 322 g/mol. The van der Waals surface area contributed by atoms with Crippen LogP contribution in [0.5, 0.6) is 0 Å². The highest BCUT2D eigenvalue weighted by Gasteiger charge is 2.37. The van der Waals surface area contributed by atoms with E-state index in [0.717, 1.165) is 17.0 Å². The summed E-state index contributed by atoms with van der Waals surface area (Å²) >= 11 is 0. The van der Waals surface area contributed by atoms with Crippen LogP contribution in [0, 0.1) is 23.5 Å². The summed E-state index contributed by atoms with van der Waals surface area (Å²) in [6.45, 7) is 2.99. The number of carbonyl (C=O) groups is 3. The Labute approximate surface area is 137 Å². The SMILES string of the molecule is CC(NC(=O)C1CC(=O)N(c2ccc(F)cc2F)C1)C(C)C(=O)O. The molecule has 2 amide bonds. The highest BCUT2D eigenvalue weighted by Crippen LogP contribution is 2.28. The number of benzene rings is 1. The fraction of sp³-hybridized carbons (Fsp3) is 0.438. The van der Waals surface area contributed by atoms with Crippen molar-refractivity contribution in [2.24, 2.45) is 11.8 Å². The number of nitrogens with one attached hydrogen (secondary N) is 1. The van der Waals surface area contributed by atoms with Gasteiger partial charge < -0.3 is 15.3 Å². The van der Waals surface area contributed by atoms with Crippen LogP contribution in [-0.4, -0.2) is 35.5 Å². The molecule has 130 valence electrons. The van der Waals surface area contributed by atoms with Crippen molar-refractivity contribution >= 4 is 23.5 Å². The number of carboxylic acids is 1. The van der Waals surface area contributed by atoms with Crippen LogP contribution in [0.4, 0.5) is 14.5 Å². The molecule has 24 heavy (non-hydrogen) atoms. The Morgan fingerprint density at radius 1 is 1.33 bits per heavy atom. The van der Waals surface area contributed by atoms with E-state index >= 15 is 0 Å². The number of amides is 2. The van der Waals surface area contributed by atoms with E-state index in [1.54, 1.807) is 6.92 Å². The molecule has 0 aromatic heterocycles. The molecule has 1 fully saturated rings. The predicted molar refractivity (Wildman–Crippen MR) is 81.2 cm³/mol. The molecule has 1 aromatic carbocycles. The van der Waals surface area contributed by atoms with Crippen molar-refractivity contribution in [3.05, 3.63) is 29.8 Å². The van der Waals surface area contributed by atoms with Crippen molar-refractivity contribution in [3.8, 4) is 0 Å². The van der Waals surface area contributed by atoms with Gasteiger partial charge in [0.25, 0.3) is 0 Å². The Hall–Kier alpha value is -2.51. The molecule has 2 N–H and O–H groups in total. The maximum Gasteiger partial charge on any atom is 0.308 e. The fourth-order valence-electron chi connectivity index (χ4n) is 2.50. The number of aliphatic carboxylic acids is 1. The molecule has 1 saturated heterocycles. The van der Waals surface area contributed by atoms with Crippen LogP contribution in [0.1, 0.15) is 20.3 Å². The van der Waals surface area contributed by atoms with Gasteiger partial charge in [-0.3, -0.25) is 14.4 Å². The van der Waals surface area contributed by atoms with Crippen LogP contribution >= 0.6 is 0 Å². The first-order chi connectivity index (χ1) is 11.2. The highest BCUT2D eigenvalue weighted by atomic mass is 19.1. The number of rotatable bonds is 5. The van der Waals surface area contributed by atoms with Crippen LogP contribution in [0.2, 0.25) is 0 Å². The molecule has 8 heteroatoms. The van der Waals surface area contributed by atoms with Gasteiger partial charge in [0.2, 0.25) is 11.8 Å². The van der Waals surface area contributed by atoms with Crippen molar-refractivity contribution in [2.45, 2.75) is 26.3 Å². The second-order valence-corrected chi connectivity index (χ2v) is 5.93. The molecule has 3 atom stereocenters.